The molecule has 2 rings (SSSR count). The van der Waals surface area contributed by atoms with Gasteiger partial charge in [0.2, 0.25) is 10.0 Å². The molecule has 1 aromatic heterocycles. The molecule has 0 aromatic carbocycles. The summed E-state index contributed by atoms with van der Waals surface area (Å²) >= 11 is 0. The van der Waals surface area contributed by atoms with Gasteiger partial charge in [-0.1, -0.05) is 12.8 Å². The van der Waals surface area contributed by atoms with E-state index in [-0.39, 0.29) is 4.90 Å². The van der Waals surface area contributed by atoms with Gasteiger partial charge in [-0.3, -0.25) is 0 Å². The minimum Gasteiger partial charge on any atom is -0.363 e. The monoisotopic (exact) mass is 243 g/mol. The van der Waals surface area contributed by atoms with Gasteiger partial charge in [-0.15, -0.1) is 0 Å². The third kappa shape index (κ3) is 2.84. The number of hydrogen-bond acceptors (Lipinski definition) is 3. The van der Waals surface area contributed by atoms with E-state index in [0.29, 0.717) is 13.1 Å². The van der Waals surface area contributed by atoms with Crippen LogP contribution in [0.5, 0.6) is 0 Å². The van der Waals surface area contributed by atoms with E-state index in [0.717, 1.165) is 18.0 Å². The number of aromatic amines is 1. The first-order valence-corrected chi connectivity index (χ1v) is 6.97. The molecular weight excluding hydrogens is 226 g/mol. The van der Waals surface area contributed by atoms with Crippen LogP contribution < -0.4 is 10.5 Å². The van der Waals surface area contributed by atoms with Crippen LogP contribution in [0.15, 0.2) is 17.2 Å². The lowest BCUT2D eigenvalue weighted by molar-refractivity contribution is 0.575. The second-order valence-electron chi connectivity index (χ2n) is 4.19. The highest BCUT2D eigenvalue weighted by atomic mass is 32.2. The summed E-state index contributed by atoms with van der Waals surface area (Å²) in [5.41, 5.74) is 6.13. The van der Waals surface area contributed by atoms with Crippen molar-refractivity contribution in [1.29, 1.82) is 0 Å². The van der Waals surface area contributed by atoms with Crippen LogP contribution in [0, 0.1) is 5.92 Å². The summed E-state index contributed by atoms with van der Waals surface area (Å²) in [6.45, 7) is 0.841. The Morgan fingerprint density at radius 2 is 2.25 bits per heavy atom. The van der Waals surface area contributed by atoms with Crippen molar-refractivity contribution >= 4 is 10.0 Å². The molecule has 1 aliphatic rings. The maximum absolute atomic E-state index is 11.8. The van der Waals surface area contributed by atoms with Crippen molar-refractivity contribution < 1.29 is 8.42 Å². The van der Waals surface area contributed by atoms with Crippen molar-refractivity contribution in [1.82, 2.24) is 9.71 Å². The highest BCUT2D eigenvalue weighted by molar-refractivity contribution is 7.89. The van der Waals surface area contributed by atoms with Gasteiger partial charge < -0.3 is 10.7 Å². The van der Waals surface area contributed by atoms with Gasteiger partial charge in [-0.2, -0.15) is 0 Å². The molecule has 1 fully saturated rings. The van der Waals surface area contributed by atoms with E-state index in [1.54, 1.807) is 6.07 Å². The molecule has 0 unspecified atom stereocenters. The lowest BCUT2D eigenvalue weighted by Gasteiger charge is -2.03. The highest BCUT2D eigenvalue weighted by Crippen LogP contribution is 2.31. The molecule has 4 N–H and O–H groups in total. The molecule has 0 amide bonds. The van der Waals surface area contributed by atoms with Crippen molar-refractivity contribution in [3.8, 4) is 0 Å². The van der Waals surface area contributed by atoms with Crippen LogP contribution in [0.2, 0.25) is 0 Å². The molecule has 5 nitrogen and oxygen atoms in total. The van der Waals surface area contributed by atoms with Crippen LogP contribution in [0.4, 0.5) is 0 Å². The van der Waals surface area contributed by atoms with Gasteiger partial charge in [-0.05, 0) is 18.4 Å². The van der Waals surface area contributed by atoms with Gasteiger partial charge in [0, 0.05) is 25.0 Å². The zero-order chi connectivity index (χ0) is 11.6. The predicted octanol–water partition coefficient (Wildman–Crippen LogP) is 0.552. The molecule has 1 heterocycles. The maximum Gasteiger partial charge on any atom is 0.242 e. The Hall–Kier alpha value is -0.850. The van der Waals surface area contributed by atoms with Crippen LogP contribution >= 0.6 is 0 Å². The number of sulfonamides is 1. The van der Waals surface area contributed by atoms with Crippen LogP contribution in [0.1, 0.15) is 25.0 Å². The quantitative estimate of drug-likeness (QED) is 0.682. The van der Waals surface area contributed by atoms with Gasteiger partial charge in [0.05, 0.1) is 4.90 Å². The Balaban J connectivity index is 1.94. The zero-order valence-electron chi connectivity index (χ0n) is 9.07. The standard InChI is InChI=1S/C10H17N3O2S/c11-6-9-5-10(7-12-9)16(14,15)13-4-3-8-1-2-8/h5,7-8,12-13H,1-4,6,11H2. The highest BCUT2D eigenvalue weighted by Gasteiger charge is 2.22. The number of H-pyrrole nitrogens is 1. The summed E-state index contributed by atoms with van der Waals surface area (Å²) in [4.78, 5) is 3.10. The van der Waals surface area contributed by atoms with Crippen LogP contribution in [0.25, 0.3) is 0 Å². The van der Waals surface area contributed by atoms with Crippen molar-refractivity contribution in [2.24, 2.45) is 11.7 Å². The summed E-state index contributed by atoms with van der Waals surface area (Å²) in [5, 5.41) is 0. The van der Waals surface area contributed by atoms with Gasteiger partial charge >= 0.3 is 0 Å². The van der Waals surface area contributed by atoms with Crippen molar-refractivity contribution in [2.75, 3.05) is 6.54 Å². The zero-order valence-corrected chi connectivity index (χ0v) is 9.89. The Bertz CT molecular complexity index is 448. The summed E-state index contributed by atoms with van der Waals surface area (Å²) < 4.78 is 26.2. The SMILES string of the molecule is NCc1cc(S(=O)(=O)NCCC2CC2)c[nH]1. The lowest BCUT2D eigenvalue weighted by atomic mass is 10.3. The summed E-state index contributed by atoms with van der Waals surface area (Å²) in [6, 6.07) is 1.57. The molecule has 0 aliphatic heterocycles. The molecule has 1 saturated carbocycles. The molecule has 0 atom stereocenters. The van der Waals surface area contributed by atoms with E-state index >= 15 is 0 Å². The Labute approximate surface area is 95.5 Å². The van der Waals surface area contributed by atoms with E-state index < -0.39 is 10.0 Å². The summed E-state index contributed by atoms with van der Waals surface area (Å²) in [6.07, 6.45) is 4.89. The second kappa shape index (κ2) is 4.57. The Morgan fingerprint density at radius 3 is 2.81 bits per heavy atom. The first kappa shape index (κ1) is 11.6. The average Bonchev–Trinajstić information content (AvgIpc) is 2.93. The third-order valence-electron chi connectivity index (χ3n) is 2.79. The Morgan fingerprint density at radius 1 is 1.50 bits per heavy atom. The minimum atomic E-state index is -3.35. The molecule has 0 spiro atoms. The fourth-order valence-corrected chi connectivity index (χ4v) is 2.64. The average molecular weight is 243 g/mol. The number of nitrogens with two attached hydrogens (primary N) is 1. The van der Waals surface area contributed by atoms with Gasteiger partial charge in [0.15, 0.2) is 0 Å². The summed E-state index contributed by atoms with van der Waals surface area (Å²) in [7, 11) is -3.35. The molecule has 16 heavy (non-hydrogen) atoms. The van der Waals surface area contributed by atoms with Gasteiger partial charge in [0.25, 0.3) is 0 Å². The number of aromatic nitrogens is 1. The molecule has 0 radical (unpaired) electrons. The second-order valence-corrected chi connectivity index (χ2v) is 5.96. The number of nitrogens with one attached hydrogen (secondary N) is 2. The van der Waals surface area contributed by atoms with E-state index in [4.69, 9.17) is 5.73 Å². The predicted molar refractivity (Wildman–Crippen MR) is 61.2 cm³/mol. The smallest absolute Gasteiger partial charge is 0.242 e. The lowest BCUT2D eigenvalue weighted by Crippen LogP contribution is -2.24. The fraction of sp³-hybridized carbons (Fsp3) is 0.600. The van der Waals surface area contributed by atoms with Crippen molar-refractivity contribution in [3.05, 3.63) is 18.0 Å². The summed E-state index contributed by atoms with van der Waals surface area (Å²) in [5.74, 6) is 0.730. The molecule has 0 saturated heterocycles. The third-order valence-corrected chi connectivity index (χ3v) is 4.23. The van der Waals surface area contributed by atoms with Gasteiger partial charge in [0.1, 0.15) is 0 Å². The van der Waals surface area contributed by atoms with E-state index in [1.165, 1.54) is 19.0 Å². The first-order valence-electron chi connectivity index (χ1n) is 5.49. The van der Waals surface area contributed by atoms with Crippen LogP contribution in [-0.2, 0) is 16.6 Å². The first-order chi connectivity index (χ1) is 7.62. The Kier molecular flexibility index (Phi) is 3.32. The molecular formula is C10H17N3O2S. The normalized spacial score (nSPS) is 16.6. The van der Waals surface area contributed by atoms with Crippen LogP contribution in [0.3, 0.4) is 0 Å². The minimum absolute atomic E-state index is 0.267. The maximum atomic E-state index is 11.8. The molecule has 0 bridgehead atoms. The van der Waals surface area contributed by atoms with E-state index in [9.17, 15) is 8.42 Å². The van der Waals surface area contributed by atoms with Crippen LogP contribution in [-0.4, -0.2) is 19.9 Å². The fourth-order valence-electron chi connectivity index (χ4n) is 1.58. The topological polar surface area (TPSA) is 88.0 Å². The molecule has 6 heteroatoms. The molecule has 1 aliphatic carbocycles. The van der Waals surface area contributed by atoms with E-state index in [1.807, 2.05) is 0 Å². The van der Waals surface area contributed by atoms with E-state index in [2.05, 4.69) is 9.71 Å². The molecule has 90 valence electrons. The van der Waals surface area contributed by atoms with Crippen molar-refractivity contribution in [2.45, 2.75) is 30.7 Å². The number of rotatable bonds is 6. The van der Waals surface area contributed by atoms with Gasteiger partial charge in [-0.25, -0.2) is 13.1 Å². The number of hydrogen-bond donors (Lipinski definition) is 3. The largest absolute Gasteiger partial charge is 0.363 e. The van der Waals surface area contributed by atoms with Crippen molar-refractivity contribution in [3.63, 3.8) is 0 Å². The molecule has 1 aromatic rings.